The topological polar surface area (TPSA) is 59.1 Å². The normalized spacial score (nSPS) is 12.5. The predicted octanol–water partition coefficient (Wildman–Crippen LogP) is 15.8. The van der Waals surface area contributed by atoms with Crippen molar-refractivity contribution in [3.63, 3.8) is 0 Å². The summed E-state index contributed by atoms with van der Waals surface area (Å²) in [5, 5.41) is 0. The number of unbranched alkanes of at least 4 members (excludes halogenated alkanes) is 18. The molecular weight excluding hydrogens is 729 g/mol. The van der Waals surface area contributed by atoms with Crippen molar-refractivity contribution in [2.24, 2.45) is 11.8 Å². The van der Waals surface area contributed by atoms with Crippen molar-refractivity contribution in [3.8, 4) is 0 Å². The van der Waals surface area contributed by atoms with Gasteiger partial charge < -0.3 is 19.3 Å². The highest BCUT2D eigenvalue weighted by molar-refractivity contribution is 5.76. The lowest BCUT2D eigenvalue weighted by Gasteiger charge is -2.25. The summed E-state index contributed by atoms with van der Waals surface area (Å²) in [6, 6.07) is 0. The average molecular weight is 833 g/mol. The molecule has 0 aliphatic heterocycles. The van der Waals surface area contributed by atoms with E-state index in [1.165, 1.54) is 154 Å². The van der Waals surface area contributed by atoms with Crippen LogP contribution in [-0.2, 0) is 19.1 Å². The van der Waals surface area contributed by atoms with E-state index in [1.807, 2.05) is 0 Å². The Morgan fingerprint density at radius 3 is 1.32 bits per heavy atom. The van der Waals surface area contributed by atoms with E-state index in [9.17, 15) is 9.59 Å². The minimum atomic E-state index is 0.00134. The lowest BCUT2D eigenvalue weighted by molar-refractivity contribution is -0.145. The van der Waals surface area contributed by atoms with Crippen LogP contribution in [0.2, 0.25) is 0 Å². The van der Waals surface area contributed by atoms with Crippen LogP contribution in [0.4, 0.5) is 0 Å². The molecule has 0 fully saturated rings. The van der Waals surface area contributed by atoms with Gasteiger partial charge in [0.2, 0.25) is 5.91 Å². The number of allylic oxidation sites excluding steroid dienone is 1. The molecule has 0 aromatic rings. The first-order chi connectivity index (χ1) is 28.8. The van der Waals surface area contributed by atoms with Crippen molar-refractivity contribution in [2.45, 2.75) is 260 Å². The molecule has 0 heterocycles. The molecule has 350 valence electrons. The van der Waals surface area contributed by atoms with Crippen molar-refractivity contribution < 1.29 is 19.1 Å². The lowest BCUT2D eigenvalue weighted by Crippen LogP contribution is -2.34. The maximum Gasteiger partial charge on any atom is 0.305 e. The quantitative estimate of drug-likeness (QED) is 0.0347. The summed E-state index contributed by atoms with van der Waals surface area (Å²) < 4.78 is 12.0. The van der Waals surface area contributed by atoms with Crippen molar-refractivity contribution in [2.75, 3.05) is 45.9 Å². The number of carbonyl (C=O) groups excluding carboxylic acids is 2. The summed E-state index contributed by atoms with van der Waals surface area (Å²) in [5.41, 5.74) is 0. The number of hydrogen-bond acceptors (Lipinski definition) is 5. The molecule has 1 amide bonds. The molecular formula is C53H104N2O4. The second-order valence-electron chi connectivity index (χ2n) is 18.3. The third-order valence-corrected chi connectivity index (χ3v) is 12.4. The van der Waals surface area contributed by atoms with E-state index in [0.29, 0.717) is 37.2 Å². The number of amides is 1. The largest absolute Gasteiger partial charge is 0.498 e. The van der Waals surface area contributed by atoms with Crippen LogP contribution in [0.1, 0.15) is 260 Å². The van der Waals surface area contributed by atoms with Gasteiger partial charge in [0.1, 0.15) is 0 Å². The zero-order valence-electron chi connectivity index (χ0n) is 40.9. The standard InChI is InChI=1S/C53H104N2O4/c1-8-14-20-29-38-50(36-16-10-3)47-58-49(7)35-28-24-22-26-32-42-54(44-34-40-52(56)55(45-18-12-5)46-19-13-6)43-33-27-23-25-31-41-53(57)59-48-51(37-17-11-4)39-30-21-15-9-2/h50-51H,7-48H2,1-6H3. The summed E-state index contributed by atoms with van der Waals surface area (Å²) in [6.07, 6.45) is 39.8. The Morgan fingerprint density at radius 1 is 0.407 bits per heavy atom. The fourth-order valence-electron chi connectivity index (χ4n) is 8.25. The second-order valence-corrected chi connectivity index (χ2v) is 18.3. The summed E-state index contributed by atoms with van der Waals surface area (Å²) in [4.78, 5) is 30.5. The summed E-state index contributed by atoms with van der Waals surface area (Å²) >= 11 is 0. The number of esters is 1. The minimum Gasteiger partial charge on any atom is -0.498 e. The number of hydrogen-bond donors (Lipinski definition) is 0. The van der Waals surface area contributed by atoms with Crippen LogP contribution in [0.25, 0.3) is 0 Å². The molecule has 2 unspecified atom stereocenters. The second kappa shape index (κ2) is 44.5. The van der Waals surface area contributed by atoms with E-state index in [4.69, 9.17) is 9.47 Å². The molecule has 0 spiro atoms. The smallest absolute Gasteiger partial charge is 0.305 e. The molecule has 0 saturated carbocycles. The third kappa shape index (κ3) is 37.9. The van der Waals surface area contributed by atoms with Crippen LogP contribution in [0.3, 0.4) is 0 Å². The predicted molar refractivity (Wildman–Crippen MR) is 257 cm³/mol. The Bertz CT molecular complexity index is 863. The van der Waals surface area contributed by atoms with Gasteiger partial charge in [-0.1, -0.05) is 177 Å². The lowest BCUT2D eigenvalue weighted by atomic mass is 9.96. The van der Waals surface area contributed by atoms with Crippen LogP contribution in [0.5, 0.6) is 0 Å². The molecule has 6 nitrogen and oxygen atoms in total. The first-order valence-corrected chi connectivity index (χ1v) is 26.3. The summed E-state index contributed by atoms with van der Waals surface area (Å²) in [6.45, 7) is 24.3. The molecule has 0 saturated heterocycles. The van der Waals surface area contributed by atoms with Gasteiger partial charge in [-0.15, -0.1) is 0 Å². The Hall–Kier alpha value is -1.56. The Balaban J connectivity index is 4.66. The van der Waals surface area contributed by atoms with Crippen LogP contribution < -0.4 is 0 Å². The van der Waals surface area contributed by atoms with Gasteiger partial charge >= 0.3 is 5.97 Å². The highest BCUT2D eigenvalue weighted by atomic mass is 16.5. The van der Waals surface area contributed by atoms with Crippen molar-refractivity contribution in [1.82, 2.24) is 9.80 Å². The maximum absolute atomic E-state index is 13.2. The van der Waals surface area contributed by atoms with Gasteiger partial charge in [-0.05, 0) is 102 Å². The maximum atomic E-state index is 13.2. The van der Waals surface area contributed by atoms with Crippen molar-refractivity contribution in [1.29, 1.82) is 0 Å². The summed E-state index contributed by atoms with van der Waals surface area (Å²) in [7, 11) is 0. The summed E-state index contributed by atoms with van der Waals surface area (Å²) in [5.74, 6) is 2.56. The Labute approximate surface area is 369 Å². The van der Waals surface area contributed by atoms with Gasteiger partial charge in [-0.2, -0.15) is 0 Å². The van der Waals surface area contributed by atoms with Crippen LogP contribution in [-0.4, -0.2) is 67.6 Å². The molecule has 0 aliphatic carbocycles. The van der Waals surface area contributed by atoms with Crippen LogP contribution in [0.15, 0.2) is 12.3 Å². The average Bonchev–Trinajstić information content (AvgIpc) is 3.24. The van der Waals surface area contributed by atoms with E-state index in [-0.39, 0.29) is 5.97 Å². The molecule has 0 aromatic heterocycles. The Kier molecular flexibility index (Phi) is 43.3. The van der Waals surface area contributed by atoms with Crippen molar-refractivity contribution >= 4 is 11.9 Å². The van der Waals surface area contributed by atoms with Gasteiger partial charge in [-0.3, -0.25) is 9.59 Å². The highest BCUT2D eigenvalue weighted by Gasteiger charge is 2.15. The zero-order chi connectivity index (χ0) is 43.4. The van der Waals surface area contributed by atoms with Gasteiger partial charge in [-0.25, -0.2) is 0 Å². The van der Waals surface area contributed by atoms with Crippen LogP contribution >= 0.6 is 0 Å². The number of rotatable bonds is 47. The monoisotopic (exact) mass is 833 g/mol. The third-order valence-electron chi connectivity index (χ3n) is 12.4. The number of ether oxygens (including phenoxy) is 2. The molecule has 2 atom stereocenters. The highest BCUT2D eigenvalue weighted by Crippen LogP contribution is 2.21. The van der Waals surface area contributed by atoms with E-state index in [0.717, 1.165) is 96.5 Å². The SMILES string of the molecule is C=C(CCCCCCCN(CCCCCCCC(=O)OCC(CCCC)CCCCCC)CCCC(=O)N(CCCC)CCCC)OCC(CCCC)CCCCCC. The molecule has 59 heavy (non-hydrogen) atoms. The van der Waals surface area contributed by atoms with Crippen LogP contribution in [0, 0.1) is 11.8 Å². The van der Waals surface area contributed by atoms with Gasteiger partial charge in [0.05, 0.1) is 19.0 Å². The molecule has 0 rings (SSSR count). The zero-order valence-corrected chi connectivity index (χ0v) is 40.9. The first-order valence-electron chi connectivity index (χ1n) is 26.3. The Morgan fingerprint density at radius 2 is 0.814 bits per heavy atom. The minimum absolute atomic E-state index is 0.00134. The van der Waals surface area contributed by atoms with Gasteiger partial charge in [0.15, 0.2) is 0 Å². The van der Waals surface area contributed by atoms with Gasteiger partial charge in [0, 0.05) is 32.4 Å². The molecule has 6 heteroatoms. The molecule has 0 radical (unpaired) electrons. The van der Waals surface area contributed by atoms with E-state index < -0.39 is 0 Å². The van der Waals surface area contributed by atoms with Crippen molar-refractivity contribution in [3.05, 3.63) is 12.3 Å². The molecule has 0 aliphatic rings. The number of nitrogens with zero attached hydrogens (tertiary/aromatic N) is 2. The molecule has 0 N–H and O–H groups in total. The van der Waals surface area contributed by atoms with E-state index in [1.54, 1.807) is 0 Å². The fourth-order valence-corrected chi connectivity index (χ4v) is 8.25. The number of carbonyl (C=O) groups is 2. The molecule has 0 bridgehead atoms. The first kappa shape index (κ1) is 57.4. The fraction of sp³-hybridized carbons (Fsp3) is 0.925. The molecule has 0 aromatic carbocycles. The van der Waals surface area contributed by atoms with E-state index >= 15 is 0 Å². The van der Waals surface area contributed by atoms with E-state index in [2.05, 4.69) is 57.9 Å². The van der Waals surface area contributed by atoms with Gasteiger partial charge in [0.25, 0.3) is 0 Å².